The van der Waals surface area contributed by atoms with Crippen LogP contribution in [0.1, 0.15) is 12.5 Å². The van der Waals surface area contributed by atoms with Crippen LogP contribution in [0.15, 0.2) is 64.8 Å². The SMILES string of the molecule is CCn1c(=O)n(/C(=C/SC)c2ccccc2)c2ccccc21. The molecule has 0 N–H and O–H groups in total. The lowest BCUT2D eigenvalue weighted by Crippen LogP contribution is -2.23. The standard InChI is InChI=1S/C18H18N2OS/c1-3-19-15-11-7-8-12-16(15)20(18(19)21)17(13-22-2)14-9-5-4-6-10-14/h4-13H,3H2,1-2H3/b17-13+. The molecule has 0 radical (unpaired) electrons. The van der Waals surface area contributed by atoms with E-state index >= 15 is 0 Å². The summed E-state index contributed by atoms with van der Waals surface area (Å²) in [4.78, 5) is 12.9. The van der Waals surface area contributed by atoms with Crippen molar-refractivity contribution in [2.75, 3.05) is 6.26 Å². The zero-order chi connectivity index (χ0) is 15.5. The molecule has 0 aliphatic heterocycles. The maximum absolute atomic E-state index is 12.9. The van der Waals surface area contributed by atoms with Gasteiger partial charge in [0.2, 0.25) is 0 Å². The van der Waals surface area contributed by atoms with Crippen molar-refractivity contribution in [3.8, 4) is 0 Å². The monoisotopic (exact) mass is 310 g/mol. The molecule has 0 fully saturated rings. The van der Waals surface area contributed by atoms with Crippen LogP contribution in [-0.4, -0.2) is 15.4 Å². The number of para-hydroxylation sites is 2. The van der Waals surface area contributed by atoms with E-state index in [4.69, 9.17) is 0 Å². The Labute approximate surface area is 133 Å². The van der Waals surface area contributed by atoms with Crippen molar-refractivity contribution in [1.82, 2.24) is 9.13 Å². The predicted molar refractivity (Wildman–Crippen MR) is 95.2 cm³/mol. The smallest absolute Gasteiger partial charge is 0.292 e. The van der Waals surface area contributed by atoms with Gasteiger partial charge in [-0.3, -0.25) is 9.13 Å². The van der Waals surface area contributed by atoms with Crippen LogP contribution in [-0.2, 0) is 6.54 Å². The summed E-state index contributed by atoms with van der Waals surface area (Å²) in [5.41, 5.74) is 3.88. The van der Waals surface area contributed by atoms with Gasteiger partial charge in [-0.2, -0.15) is 0 Å². The van der Waals surface area contributed by atoms with E-state index in [1.807, 2.05) is 82.3 Å². The predicted octanol–water partition coefficient (Wildman–Crippen LogP) is 4.03. The summed E-state index contributed by atoms with van der Waals surface area (Å²) < 4.78 is 3.62. The molecule has 0 aliphatic rings. The molecule has 1 heterocycles. The van der Waals surface area contributed by atoms with Crippen molar-refractivity contribution < 1.29 is 0 Å². The number of aryl methyl sites for hydroxylation is 1. The topological polar surface area (TPSA) is 26.9 Å². The third-order valence-corrected chi connectivity index (χ3v) is 4.15. The van der Waals surface area contributed by atoms with Crippen molar-refractivity contribution in [3.05, 3.63) is 76.1 Å². The lowest BCUT2D eigenvalue weighted by Gasteiger charge is -2.09. The van der Waals surface area contributed by atoms with Crippen LogP contribution in [0.5, 0.6) is 0 Å². The largest absolute Gasteiger partial charge is 0.333 e. The van der Waals surface area contributed by atoms with Crippen LogP contribution >= 0.6 is 11.8 Å². The van der Waals surface area contributed by atoms with Crippen molar-refractivity contribution in [1.29, 1.82) is 0 Å². The van der Waals surface area contributed by atoms with Gasteiger partial charge in [-0.1, -0.05) is 42.5 Å². The van der Waals surface area contributed by atoms with Crippen LogP contribution < -0.4 is 5.69 Å². The van der Waals surface area contributed by atoms with E-state index in [1.165, 1.54) is 0 Å². The van der Waals surface area contributed by atoms with Crippen molar-refractivity contribution >= 4 is 28.5 Å². The van der Waals surface area contributed by atoms with Gasteiger partial charge >= 0.3 is 5.69 Å². The first-order valence-corrected chi connectivity index (χ1v) is 8.55. The number of aromatic nitrogens is 2. The molecule has 0 unspecified atom stereocenters. The highest BCUT2D eigenvalue weighted by atomic mass is 32.2. The van der Waals surface area contributed by atoms with Crippen LogP contribution in [0, 0.1) is 0 Å². The highest BCUT2D eigenvalue weighted by molar-refractivity contribution is 8.01. The van der Waals surface area contributed by atoms with Gasteiger partial charge in [0.15, 0.2) is 0 Å². The Kier molecular flexibility index (Phi) is 4.20. The Morgan fingerprint density at radius 3 is 2.32 bits per heavy atom. The molecule has 3 aromatic rings. The molecule has 0 atom stereocenters. The summed E-state index contributed by atoms with van der Waals surface area (Å²) in [6.07, 6.45) is 2.01. The first kappa shape index (κ1) is 14.7. The van der Waals surface area contributed by atoms with Crippen molar-refractivity contribution in [2.24, 2.45) is 0 Å². The van der Waals surface area contributed by atoms with Gasteiger partial charge in [0.05, 0.1) is 16.7 Å². The van der Waals surface area contributed by atoms with Gasteiger partial charge in [0, 0.05) is 6.54 Å². The second-order valence-electron chi connectivity index (χ2n) is 4.96. The van der Waals surface area contributed by atoms with Crippen LogP contribution in [0.2, 0.25) is 0 Å². The molecule has 1 aromatic heterocycles. The van der Waals surface area contributed by atoms with E-state index in [0.29, 0.717) is 6.54 Å². The molecule has 0 saturated carbocycles. The zero-order valence-electron chi connectivity index (χ0n) is 12.7. The van der Waals surface area contributed by atoms with E-state index in [0.717, 1.165) is 22.3 Å². The molecule has 3 nitrogen and oxygen atoms in total. The molecule has 4 heteroatoms. The summed E-state index contributed by atoms with van der Waals surface area (Å²) in [5, 5.41) is 2.03. The number of benzene rings is 2. The second kappa shape index (κ2) is 6.28. The molecule has 0 spiro atoms. The summed E-state index contributed by atoms with van der Waals surface area (Å²) in [6, 6.07) is 18.0. The molecule has 0 saturated heterocycles. The Bertz CT molecular complexity index is 875. The fourth-order valence-electron chi connectivity index (χ4n) is 2.72. The van der Waals surface area contributed by atoms with E-state index in [2.05, 4.69) is 0 Å². The quantitative estimate of drug-likeness (QED) is 0.727. The third kappa shape index (κ3) is 2.40. The zero-order valence-corrected chi connectivity index (χ0v) is 13.5. The Morgan fingerprint density at radius 2 is 1.68 bits per heavy atom. The summed E-state index contributed by atoms with van der Waals surface area (Å²) in [6.45, 7) is 2.66. The minimum Gasteiger partial charge on any atom is -0.292 e. The number of rotatable bonds is 4. The molecule has 2 aromatic carbocycles. The van der Waals surface area contributed by atoms with Crippen molar-refractivity contribution in [3.63, 3.8) is 0 Å². The summed E-state index contributed by atoms with van der Waals surface area (Å²) >= 11 is 1.60. The number of thioether (sulfide) groups is 1. The van der Waals surface area contributed by atoms with Gasteiger partial charge in [0.1, 0.15) is 0 Å². The van der Waals surface area contributed by atoms with Gasteiger partial charge in [-0.05, 0) is 36.3 Å². The summed E-state index contributed by atoms with van der Waals surface area (Å²) in [5.74, 6) is 0. The molecule has 0 amide bonds. The fourth-order valence-corrected chi connectivity index (χ4v) is 3.18. The lowest BCUT2D eigenvalue weighted by atomic mass is 10.1. The number of fused-ring (bicyclic) bond motifs is 1. The number of hydrogen-bond acceptors (Lipinski definition) is 2. The Hall–Kier alpha value is -2.20. The van der Waals surface area contributed by atoms with E-state index in [9.17, 15) is 4.79 Å². The Morgan fingerprint density at radius 1 is 1.05 bits per heavy atom. The van der Waals surface area contributed by atoms with Gasteiger partial charge < -0.3 is 0 Å². The maximum Gasteiger partial charge on any atom is 0.333 e. The van der Waals surface area contributed by atoms with E-state index in [-0.39, 0.29) is 5.69 Å². The van der Waals surface area contributed by atoms with E-state index < -0.39 is 0 Å². The first-order valence-electron chi connectivity index (χ1n) is 7.27. The maximum atomic E-state index is 12.9. The van der Waals surface area contributed by atoms with E-state index in [1.54, 1.807) is 11.8 Å². The fraction of sp³-hybridized carbons (Fsp3) is 0.167. The third-order valence-electron chi connectivity index (χ3n) is 3.69. The molecule has 0 aliphatic carbocycles. The molecular weight excluding hydrogens is 292 g/mol. The highest BCUT2D eigenvalue weighted by Gasteiger charge is 2.15. The molecule has 22 heavy (non-hydrogen) atoms. The average molecular weight is 310 g/mol. The second-order valence-corrected chi connectivity index (χ2v) is 5.66. The lowest BCUT2D eigenvalue weighted by molar-refractivity contribution is 0.737. The minimum atomic E-state index is 0.00727. The number of hydrogen-bond donors (Lipinski definition) is 0. The molecular formula is C18H18N2OS. The normalized spacial score (nSPS) is 12.0. The first-order chi connectivity index (χ1) is 10.8. The number of nitrogens with zero attached hydrogens (tertiary/aromatic N) is 2. The average Bonchev–Trinajstić information content (AvgIpc) is 2.85. The Balaban J connectivity index is 2.35. The minimum absolute atomic E-state index is 0.00727. The number of imidazole rings is 1. The van der Waals surface area contributed by atoms with Gasteiger partial charge in [-0.15, -0.1) is 11.8 Å². The van der Waals surface area contributed by atoms with Crippen LogP contribution in [0.4, 0.5) is 0 Å². The van der Waals surface area contributed by atoms with Gasteiger partial charge in [-0.25, -0.2) is 4.79 Å². The highest BCUT2D eigenvalue weighted by Crippen LogP contribution is 2.23. The van der Waals surface area contributed by atoms with Crippen LogP contribution in [0.25, 0.3) is 16.7 Å². The molecule has 0 bridgehead atoms. The van der Waals surface area contributed by atoms with Gasteiger partial charge in [0.25, 0.3) is 0 Å². The van der Waals surface area contributed by atoms with Crippen molar-refractivity contribution in [2.45, 2.75) is 13.5 Å². The summed E-state index contributed by atoms with van der Waals surface area (Å²) in [7, 11) is 0. The molecule has 3 rings (SSSR count). The molecule has 112 valence electrons. The van der Waals surface area contributed by atoms with Crippen LogP contribution in [0.3, 0.4) is 0 Å².